The number of piperazine rings is 1. The van der Waals surface area contributed by atoms with Gasteiger partial charge in [-0.3, -0.25) is 4.79 Å². The number of sulfonamides is 1. The highest BCUT2D eigenvalue weighted by Gasteiger charge is 2.30. The zero-order valence-electron chi connectivity index (χ0n) is 17.5. The van der Waals surface area contributed by atoms with Crippen LogP contribution >= 0.6 is 11.6 Å². The predicted molar refractivity (Wildman–Crippen MR) is 118 cm³/mol. The summed E-state index contributed by atoms with van der Waals surface area (Å²) < 4.78 is 32.8. The van der Waals surface area contributed by atoms with E-state index in [2.05, 4.69) is 13.8 Å². The first-order valence-electron chi connectivity index (χ1n) is 9.95. The van der Waals surface area contributed by atoms with Crippen LogP contribution in [-0.2, 0) is 14.8 Å². The normalized spacial score (nSPS) is 15.4. The molecule has 1 saturated heterocycles. The summed E-state index contributed by atoms with van der Waals surface area (Å²) in [6, 6.07) is 12.3. The van der Waals surface area contributed by atoms with E-state index in [1.165, 1.54) is 4.31 Å². The molecule has 0 spiro atoms. The van der Waals surface area contributed by atoms with Gasteiger partial charge in [-0.05, 0) is 54.3 Å². The molecular weight excluding hydrogens is 424 g/mol. The number of rotatable bonds is 6. The van der Waals surface area contributed by atoms with Crippen molar-refractivity contribution in [2.24, 2.45) is 0 Å². The van der Waals surface area contributed by atoms with Crippen molar-refractivity contribution < 1.29 is 17.9 Å². The van der Waals surface area contributed by atoms with Gasteiger partial charge in [-0.2, -0.15) is 4.31 Å². The maximum absolute atomic E-state index is 12.9. The van der Waals surface area contributed by atoms with Crippen LogP contribution in [0.5, 0.6) is 5.75 Å². The predicted octanol–water partition coefficient (Wildman–Crippen LogP) is 3.68. The number of hydrogen-bond acceptors (Lipinski definition) is 4. The Morgan fingerprint density at radius 1 is 1.07 bits per heavy atom. The number of amides is 1. The first-order chi connectivity index (χ1) is 14.2. The number of benzene rings is 2. The van der Waals surface area contributed by atoms with Crippen LogP contribution in [0.15, 0.2) is 47.4 Å². The van der Waals surface area contributed by atoms with Crippen LogP contribution in [0, 0.1) is 6.92 Å². The number of aryl methyl sites for hydroxylation is 1. The standard InChI is InChI=1S/C22H27ClN2O4S/c1-16(2)18-4-7-20(8-5-18)30(27,28)25-12-10-24(11-13-25)22(26)15-29-19-6-9-21(23)17(3)14-19/h4-9,14,16H,10-13,15H2,1-3H3. The Bertz CT molecular complexity index is 998. The van der Waals surface area contributed by atoms with Gasteiger partial charge in [0.25, 0.3) is 5.91 Å². The summed E-state index contributed by atoms with van der Waals surface area (Å²) in [6.07, 6.45) is 0. The highest BCUT2D eigenvalue weighted by atomic mass is 35.5. The van der Waals surface area contributed by atoms with Crippen molar-refractivity contribution in [3.8, 4) is 5.75 Å². The summed E-state index contributed by atoms with van der Waals surface area (Å²) in [5.41, 5.74) is 1.97. The molecule has 1 aliphatic heterocycles. The quantitative estimate of drug-likeness (QED) is 0.673. The lowest BCUT2D eigenvalue weighted by Crippen LogP contribution is -2.51. The van der Waals surface area contributed by atoms with Crippen molar-refractivity contribution in [3.63, 3.8) is 0 Å². The largest absolute Gasteiger partial charge is 0.484 e. The average Bonchev–Trinajstić information content (AvgIpc) is 2.74. The third-order valence-electron chi connectivity index (χ3n) is 5.27. The molecule has 162 valence electrons. The van der Waals surface area contributed by atoms with E-state index in [-0.39, 0.29) is 30.5 Å². The molecule has 0 N–H and O–H groups in total. The highest BCUT2D eigenvalue weighted by molar-refractivity contribution is 7.89. The lowest BCUT2D eigenvalue weighted by Gasteiger charge is -2.34. The summed E-state index contributed by atoms with van der Waals surface area (Å²) in [5.74, 6) is 0.757. The topological polar surface area (TPSA) is 66.9 Å². The number of nitrogens with zero attached hydrogens (tertiary/aromatic N) is 2. The zero-order valence-corrected chi connectivity index (χ0v) is 19.0. The number of ether oxygens (including phenoxy) is 1. The van der Waals surface area contributed by atoms with Gasteiger partial charge in [0.1, 0.15) is 5.75 Å². The molecule has 1 heterocycles. The van der Waals surface area contributed by atoms with E-state index in [0.717, 1.165) is 11.1 Å². The Balaban J connectivity index is 1.55. The van der Waals surface area contributed by atoms with Gasteiger partial charge < -0.3 is 9.64 Å². The van der Waals surface area contributed by atoms with E-state index >= 15 is 0 Å². The Morgan fingerprint density at radius 2 is 1.70 bits per heavy atom. The molecule has 0 unspecified atom stereocenters. The van der Waals surface area contributed by atoms with E-state index in [0.29, 0.717) is 29.8 Å². The number of halogens is 1. The third-order valence-corrected chi connectivity index (χ3v) is 7.60. The third kappa shape index (κ3) is 5.14. The monoisotopic (exact) mass is 450 g/mol. The second kappa shape index (κ2) is 9.37. The van der Waals surface area contributed by atoms with Crippen molar-refractivity contribution >= 4 is 27.5 Å². The number of hydrogen-bond donors (Lipinski definition) is 0. The van der Waals surface area contributed by atoms with Gasteiger partial charge in [0.05, 0.1) is 4.90 Å². The minimum atomic E-state index is -3.57. The number of carbonyl (C=O) groups is 1. The second-order valence-corrected chi connectivity index (χ2v) is 10.1. The smallest absolute Gasteiger partial charge is 0.260 e. The minimum absolute atomic E-state index is 0.0928. The van der Waals surface area contributed by atoms with Crippen molar-refractivity contribution in [1.29, 1.82) is 0 Å². The Labute approximate surface area is 183 Å². The SMILES string of the molecule is Cc1cc(OCC(=O)N2CCN(S(=O)(=O)c3ccc(C(C)C)cc3)CC2)ccc1Cl. The Kier molecular flexibility index (Phi) is 7.06. The maximum atomic E-state index is 12.9. The van der Waals surface area contributed by atoms with Gasteiger partial charge in [0.2, 0.25) is 10.0 Å². The summed E-state index contributed by atoms with van der Waals surface area (Å²) in [5, 5.41) is 0.643. The van der Waals surface area contributed by atoms with Crippen LogP contribution in [-0.4, -0.2) is 56.3 Å². The minimum Gasteiger partial charge on any atom is -0.484 e. The molecule has 0 atom stereocenters. The molecule has 0 saturated carbocycles. The van der Waals surface area contributed by atoms with Crippen LogP contribution in [0.2, 0.25) is 5.02 Å². The van der Waals surface area contributed by atoms with Gasteiger partial charge in [0.15, 0.2) is 6.61 Å². The molecule has 1 aliphatic rings. The second-order valence-electron chi connectivity index (χ2n) is 7.71. The fourth-order valence-electron chi connectivity index (χ4n) is 3.29. The lowest BCUT2D eigenvalue weighted by atomic mass is 10.0. The molecule has 1 fully saturated rings. The maximum Gasteiger partial charge on any atom is 0.260 e. The fourth-order valence-corrected chi connectivity index (χ4v) is 4.83. The van der Waals surface area contributed by atoms with Crippen LogP contribution in [0.3, 0.4) is 0 Å². The van der Waals surface area contributed by atoms with E-state index in [1.54, 1.807) is 35.2 Å². The van der Waals surface area contributed by atoms with Crippen LogP contribution < -0.4 is 4.74 Å². The Hall–Kier alpha value is -2.09. The number of carbonyl (C=O) groups excluding carboxylic acids is 1. The molecule has 2 aromatic carbocycles. The molecule has 0 aliphatic carbocycles. The summed E-state index contributed by atoms with van der Waals surface area (Å²) in [6.45, 7) is 7.11. The van der Waals surface area contributed by atoms with E-state index < -0.39 is 10.0 Å². The van der Waals surface area contributed by atoms with Crippen LogP contribution in [0.25, 0.3) is 0 Å². The zero-order chi connectivity index (χ0) is 21.9. The summed E-state index contributed by atoms with van der Waals surface area (Å²) in [7, 11) is -3.57. The lowest BCUT2D eigenvalue weighted by molar-refractivity contribution is -0.134. The molecule has 6 nitrogen and oxygen atoms in total. The molecule has 0 bridgehead atoms. The molecular formula is C22H27ClN2O4S. The average molecular weight is 451 g/mol. The van der Waals surface area contributed by atoms with Gasteiger partial charge in [-0.1, -0.05) is 37.6 Å². The summed E-state index contributed by atoms with van der Waals surface area (Å²) in [4.78, 5) is 14.4. The van der Waals surface area contributed by atoms with Gasteiger partial charge >= 0.3 is 0 Å². The molecule has 2 aromatic rings. The molecule has 30 heavy (non-hydrogen) atoms. The Morgan fingerprint density at radius 3 is 2.27 bits per heavy atom. The first kappa shape index (κ1) is 22.6. The fraction of sp³-hybridized carbons (Fsp3) is 0.409. The van der Waals surface area contributed by atoms with Gasteiger partial charge in [-0.25, -0.2) is 8.42 Å². The highest BCUT2D eigenvalue weighted by Crippen LogP contribution is 2.22. The molecule has 1 amide bonds. The van der Waals surface area contributed by atoms with Crippen LogP contribution in [0.1, 0.15) is 30.9 Å². The molecule has 0 aromatic heterocycles. The summed E-state index contributed by atoms with van der Waals surface area (Å²) >= 11 is 6.00. The molecule has 3 rings (SSSR count). The molecule has 0 radical (unpaired) electrons. The first-order valence-corrected chi connectivity index (χ1v) is 11.8. The van der Waals surface area contributed by atoms with E-state index in [9.17, 15) is 13.2 Å². The van der Waals surface area contributed by atoms with Gasteiger partial charge in [-0.15, -0.1) is 0 Å². The van der Waals surface area contributed by atoms with Gasteiger partial charge in [0, 0.05) is 31.2 Å². The van der Waals surface area contributed by atoms with E-state index in [1.807, 2.05) is 19.1 Å². The van der Waals surface area contributed by atoms with Crippen molar-refractivity contribution in [1.82, 2.24) is 9.21 Å². The van der Waals surface area contributed by atoms with Crippen LogP contribution in [0.4, 0.5) is 0 Å². The molecule has 8 heteroatoms. The van der Waals surface area contributed by atoms with Crippen molar-refractivity contribution in [3.05, 3.63) is 58.6 Å². The van der Waals surface area contributed by atoms with E-state index in [4.69, 9.17) is 16.3 Å². The van der Waals surface area contributed by atoms with Crippen molar-refractivity contribution in [2.75, 3.05) is 32.8 Å². The van der Waals surface area contributed by atoms with Crippen molar-refractivity contribution in [2.45, 2.75) is 31.6 Å².